The van der Waals surface area contributed by atoms with Gasteiger partial charge in [-0.05, 0) is 54.8 Å². The van der Waals surface area contributed by atoms with Crippen molar-refractivity contribution in [1.82, 2.24) is 0 Å². The molecule has 15 heavy (non-hydrogen) atoms. The molecule has 0 aliphatic heterocycles. The smallest absolute Gasteiger partial charge is 0.0239 e. The summed E-state index contributed by atoms with van der Waals surface area (Å²) in [5, 5.41) is 0. The molecule has 0 spiro atoms. The van der Waals surface area contributed by atoms with Gasteiger partial charge in [0.1, 0.15) is 0 Å². The van der Waals surface area contributed by atoms with Crippen molar-refractivity contribution in [2.24, 2.45) is 22.2 Å². The molecule has 3 aliphatic carbocycles. The fourth-order valence-electron chi connectivity index (χ4n) is 5.70. The van der Waals surface area contributed by atoms with E-state index in [2.05, 4.69) is 26.8 Å². The van der Waals surface area contributed by atoms with Crippen LogP contribution in [0.4, 0.5) is 0 Å². The second-order valence-electron chi connectivity index (χ2n) is 6.59. The van der Waals surface area contributed by atoms with Gasteiger partial charge in [0, 0.05) is 1.37 Å². The highest BCUT2D eigenvalue weighted by molar-refractivity contribution is 5.37. The maximum atomic E-state index is 8.00. The van der Waals surface area contributed by atoms with E-state index in [-0.39, 0.29) is 5.41 Å². The molecule has 0 nitrogen and oxygen atoms in total. The fourth-order valence-corrected chi connectivity index (χ4v) is 5.70. The van der Waals surface area contributed by atoms with Crippen molar-refractivity contribution in [3.63, 3.8) is 0 Å². The van der Waals surface area contributed by atoms with Crippen LogP contribution in [0.1, 0.15) is 61.1 Å². The molecular weight excluding hydrogens is 180 g/mol. The van der Waals surface area contributed by atoms with Crippen LogP contribution in [0.15, 0.2) is 11.6 Å². The van der Waals surface area contributed by atoms with E-state index in [1.54, 1.807) is 5.57 Å². The molecule has 0 aromatic rings. The molecule has 0 aromatic heterocycles. The molecule has 84 valence electrons. The molecule has 1 unspecified atom stereocenters. The lowest BCUT2D eigenvalue weighted by atomic mass is 9.57. The molecule has 0 heteroatoms. The fraction of sp³-hybridized carbons (Fsp3) is 0.867. The topological polar surface area (TPSA) is 0 Å². The van der Waals surface area contributed by atoms with E-state index < -0.39 is 0 Å². The maximum Gasteiger partial charge on any atom is 0.0239 e. The van der Waals surface area contributed by atoms with Gasteiger partial charge in [0.05, 0.1) is 0 Å². The molecular formula is C15H24. The summed E-state index contributed by atoms with van der Waals surface area (Å²) in [7, 11) is 0. The van der Waals surface area contributed by atoms with Crippen molar-refractivity contribution in [3.05, 3.63) is 11.6 Å². The second-order valence-corrected chi connectivity index (χ2v) is 6.59. The van der Waals surface area contributed by atoms with Crippen molar-refractivity contribution >= 4 is 0 Å². The molecule has 0 heterocycles. The summed E-state index contributed by atoms with van der Waals surface area (Å²) >= 11 is 0. The van der Waals surface area contributed by atoms with Crippen LogP contribution in [0.25, 0.3) is 0 Å². The first-order valence-electron chi connectivity index (χ1n) is 7.22. The summed E-state index contributed by atoms with van der Waals surface area (Å²) in [6.07, 6.45) is 9.41. The van der Waals surface area contributed by atoms with Crippen molar-refractivity contribution in [1.29, 1.82) is 0 Å². The Morgan fingerprint density at radius 2 is 2.20 bits per heavy atom. The van der Waals surface area contributed by atoms with Crippen molar-refractivity contribution in [3.8, 4) is 0 Å². The molecule has 0 bridgehead atoms. The third-order valence-corrected chi connectivity index (χ3v) is 6.21. The highest BCUT2D eigenvalue weighted by atomic mass is 14.7. The predicted molar refractivity (Wildman–Crippen MR) is 64.7 cm³/mol. The van der Waals surface area contributed by atoms with E-state index in [1.807, 2.05) is 0 Å². The summed E-state index contributed by atoms with van der Waals surface area (Å²) in [5.74, 6) is 0.847. The third-order valence-electron chi connectivity index (χ3n) is 6.21. The molecule has 3 rings (SSSR count). The first-order valence-corrected chi connectivity index (χ1v) is 6.52. The maximum absolute atomic E-state index is 8.00. The van der Waals surface area contributed by atoms with Crippen LogP contribution in [0.3, 0.4) is 0 Å². The molecule has 0 amide bonds. The van der Waals surface area contributed by atoms with Gasteiger partial charge in [0.15, 0.2) is 0 Å². The normalized spacial score (nSPS) is 58.7. The van der Waals surface area contributed by atoms with Crippen LogP contribution >= 0.6 is 0 Å². The third kappa shape index (κ3) is 0.797. The number of allylic oxidation sites excluding steroid dienone is 2. The van der Waals surface area contributed by atoms with E-state index in [1.165, 1.54) is 32.1 Å². The quantitative estimate of drug-likeness (QED) is 0.509. The van der Waals surface area contributed by atoms with Crippen LogP contribution in [-0.2, 0) is 0 Å². The van der Waals surface area contributed by atoms with Crippen LogP contribution in [0.2, 0.25) is 0 Å². The highest BCUT2D eigenvalue weighted by Crippen LogP contribution is 2.77. The van der Waals surface area contributed by atoms with Gasteiger partial charge in [0.2, 0.25) is 0 Å². The summed E-state index contributed by atoms with van der Waals surface area (Å²) in [5.41, 5.74) is 2.75. The van der Waals surface area contributed by atoms with Gasteiger partial charge in [-0.15, -0.1) is 0 Å². The first-order chi connectivity index (χ1) is 7.52. The van der Waals surface area contributed by atoms with Gasteiger partial charge in [-0.25, -0.2) is 0 Å². The Hall–Kier alpha value is -0.260. The minimum atomic E-state index is 0.165. The molecule has 4 atom stereocenters. The standard InChI is InChI=1S/C15H24/c1-11-6-9-14-7-5-8-15(11,14)12(2)10-13(14,3)4/h10-11H,5-9H2,1-4H3/t11-,14+,15-/m1/s1/i3D/t11-,13?,14+,15-. The Morgan fingerprint density at radius 3 is 2.93 bits per heavy atom. The molecule has 0 N–H and O–H groups in total. The van der Waals surface area contributed by atoms with E-state index in [9.17, 15) is 0 Å². The van der Waals surface area contributed by atoms with Crippen molar-refractivity contribution in [2.45, 2.75) is 59.8 Å². The monoisotopic (exact) mass is 205 g/mol. The lowest BCUT2D eigenvalue weighted by molar-refractivity contribution is 0.0447. The van der Waals surface area contributed by atoms with E-state index in [4.69, 9.17) is 1.37 Å². The summed E-state index contributed by atoms with van der Waals surface area (Å²) in [6.45, 7) is 7.75. The number of hydrogen-bond donors (Lipinski definition) is 0. The zero-order valence-electron chi connectivity index (χ0n) is 11.4. The van der Waals surface area contributed by atoms with Crippen LogP contribution in [0, 0.1) is 22.2 Å². The molecule has 0 aromatic carbocycles. The van der Waals surface area contributed by atoms with Crippen LogP contribution in [0.5, 0.6) is 0 Å². The number of hydrogen-bond acceptors (Lipinski definition) is 0. The van der Waals surface area contributed by atoms with Gasteiger partial charge in [-0.3, -0.25) is 0 Å². The minimum Gasteiger partial charge on any atom is -0.0788 e. The lowest BCUT2D eigenvalue weighted by Crippen LogP contribution is -2.41. The van der Waals surface area contributed by atoms with Gasteiger partial charge >= 0.3 is 0 Å². The molecule has 2 fully saturated rings. The Morgan fingerprint density at radius 1 is 1.40 bits per heavy atom. The molecule has 0 radical (unpaired) electrons. The second kappa shape index (κ2) is 2.52. The van der Waals surface area contributed by atoms with Crippen LogP contribution < -0.4 is 0 Å². The van der Waals surface area contributed by atoms with E-state index >= 15 is 0 Å². The van der Waals surface area contributed by atoms with Gasteiger partial charge in [-0.1, -0.05) is 38.8 Å². The average molecular weight is 205 g/mol. The Bertz CT molecular complexity index is 358. The summed E-state index contributed by atoms with van der Waals surface area (Å²) < 4.78 is 8.00. The zero-order valence-corrected chi connectivity index (χ0v) is 10.4. The lowest BCUT2D eigenvalue weighted by Gasteiger charge is -2.46. The highest BCUT2D eigenvalue weighted by Gasteiger charge is 2.69. The van der Waals surface area contributed by atoms with E-state index in [0.717, 1.165) is 5.92 Å². The van der Waals surface area contributed by atoms with Gasteiger partial charge < -0.3 is 0 Å². The predicted octanol–water partition coefficient (Wildman–Crippen LogP) is 4.56. The molecule has 0 saturated heterocycles. The largest absolute Gasteiger partial charge is 0.0788 e. The average Bonchev–Trinajstić information content (AvgIpc) is 2.81. The Kier molecular flexibility index (Phi) is 1.49. The van der Waals surface area contributed by atoms with Gasteiger partial charge in [-0.2, -0.15) is 0 Å². The summed E-state index contributed by atoms with van der Waals surface area (Å²) in [6, 6.07) is 0. The minimum absolute atomic E-state index is 0.165. The SMILES string of the molecule is [2H]CC1(C)C=C(C)[C@]23CCC[C@]12CC[C@H]3C. The number of rotatable bonds is 0. The summed E-state index contributed by atoms with van der Waals surface area (Å²) in [4.78, 5) is 0. The molecule has 3 aliphatic rings. The van der Waals surface area contributed by atoms with Crippen LogP contribution in [-0.4, -0.2) is 0 Å². The Balaban J connectivity index is 2.20. The van der Waals surface area contributed by atoms with Gasteiger partial charge in [0.25, 0.3) is 0 Å². The Labute approximate surface area is 95.5 Å². The van der Waals surface area contributed by atoms with E-state index in [0.29, 0.717) is 17.7 Å². The van der Waals surface area contributed by atoms with Crippen molar-refractivity contribution in [2.75, 3.05) is 0 Å². The molecule has 2 saturated carbocycles. The first kappa shape index (κ1) is 8.84. The zero-order chi connectivity index (χ0) is 11.6. The van der Waals surface area contributed by atoms with Crippen molar-refractivity contribution < 1.29 is 1.37 Å².